The Balaban J connectivity index is 3.07. The lowest BCUT2D eigenvalue weighted by Crippen LogP contribution is -2.17. The predicted octanol–water partition coefficient (Wildman–Crippen LogP) is 0.746. The van der Waals surface area contributed by atoms with Gasteiger partial charge in [0.15, 0.2) is 0 Å². The molecule has 0 bridgehead atoms. The second kappa shape index (κ2) is 6.78. The lowest BCUT2D eigenvalue weighted by Gasteiger charge is -2.09. The highest BCUT2D eigenvalue weighted by molar-refractivity contribution is 6.03. The van der Waals surface area contributed by atoms with Gasteiger partial charge in [-0.15, -0.1) is 0 Å². The summed E-state index contributed by atoms with van der Waals surface area (Å²) in [7, 11) is 2.41. The Bertz CT molecular complexity index is 382. The molecule has 0 aliphatic carbocycles. The molecule has 18 heavy (non-hydrogen) atoms. The predicted molar refractivity (Wildman–Crippen MR) is 60.5 cm³/mol. The van der Waals surface area contributed by atoms with Crippen LogP contribution in [0.15, 0.2) is 11.1 Å². The Labute approximate surface area is 105 Å². The average Bonchev–Trinajstić information content (AvgIpc) is 2.59. The largest absolute Gasteiger partial charge is 0.469 e. The van der Waals surface area contributed by atoms with Crippen LogP contribution in [0.5, 0.6) is 0 Å². The lowest BCUT2D eigenvalue weighted by atomic mass is 10.0. The second-order valence-corrected chi connectivity index (χ2v) is 3.79. The first-order chi connectivity index (χ1) is 8.60. The van der Waals surface area contributed by atoms with Crippen LogP contribution in [0, 0.1) is 0 Å². The summed E-state index contributed by atoms with van der Waals surface area (Å²) < 4.78 is 14.0. The monoisotopic (exact) mass is 256 g/mol. The van der Waals surface area contributed by atoms with E-state index in [0.29, 0.717) is 13.0 Å². The Morgan fingerprint density at radius 2 is 1.94 bits per heavy atom. The Morgan fingerprint density at radius 1 is 1.22 bits per heavy atom. The van der Waals surface area contributed by atoms with E-state index < -0.39 is 17.9 Å². The molecule has 0 atom stereocenters. The molecule has 6 heteroatoms. The van der Waals surface area contributed by atoms with E-state index in [1.807, 2.05) is 0 Å². The van der Waals surface area contributed by atoms with Crippen LogP contribution in [0.1, 0.15) is 25.7 Å². The summed E-state index contributed by atoms with van der Waals surface area (Å²) in [6.45, 7) is 0.328. The zero-order chi connectivity index (χ0) is 13.5. The zero-order valence-electron chi connectivity index (χ0n) is 10.5. The van der Waals surface area contributed by atoms with E-state index >= 15 is 0 Å². The van der Waals surface area contributed by atoms with Crippen LogP contribution in [0.2, 0.25) is 0 Å². The van der Waals surface area contributed by atoms with Crippen LogP contribution >= 0.6 is 0 Å². The van der Waals surface area contributed by atoms with Crippen molar-refractivity contribution in [1.82, 2.24) is 0 Å². The highest BCUT2D eigenvalue weighted by Gasteiger charge is 2.26. The molecule has 0 N–H and O–H groups in total. The topological polar surface area (TPSA) is 78.9 Å². The van der Waals surface area contributed by atoms with Gasteiger partial charge in [0.25, 0.3) is 0 Å². The summed E-state index contributed by atoms with van der Waals surface area (Å²) in [5.41, 5.74) is 0.237. The molecule has 0 aromatic carbocycles. The Morgan fingerprint density at radius 3 is 2.56 bits per heavy atom. The first kappa shape index (κ1) is 14.2. The van der Waals surface area contributed by atoms with E-state index in [0.717, 1.165) is 12.8 Å². The summed E-state index contributed by atoms with van der Waals surface area (Å²) in [4.78, 5) is 34.6. The van der Waals surface area contributed by atoms with Crippen molar-refractivity contribution in [3.63, 3.8) is 0 Å². The van der Waals surface area contributed by atoms with E-state index in [1.54, 1.807) is 0 Å². The van der Waals surface area contributed by atoms with Gasteiger partial charge in [0.05, 0.1) is 32.8 Å². The van der Waals surface area contributed by atoms with Crippen LogP contribution in [0.3, 0.4) is 0 Å². The number of hydrogen-bond acceptors (Lipinski definition) is 6. The molecule has 0 amide bonds. The first-order valence-corrected chi connectivity index (χ1v) is 5.64. The summed E-state index contributed by atoms with van der Waals surface area (Å²) in [6.07, 6.45) is 1.58. The molecule has 0 spiro atoms. The quantitative estimate of drug-likeness (QED) is 0.421. The van der Waals surface area contributed by atoms with E-state index in [-0.39, 0.29) is 17.6 Å². The first-order valence-electron chi connectivity index (χ1n) is 5.64. The van der Waals surface area contributed by atoms with Gasteiger partial charge in [0.1, 0.15) is 0 Å². The third kappa shape index (κ3) is 3.58. The molecule has 0 unspecified atom stereocenters. The Hall–Kier alpha value is -1.85. The molecule has 6 nitrogen and oxygen atoms in total. The molecule has 1 fully saturated rings. The molecule has 1 heterocycles. The van der Waals surface area contributed by atoms with Crippen LogP contribution in [0.4, 0.5) is 0 Å². The molecule has 1 saturated heterocycles. The molecule has 0 radical (unpaired) electrons. The van der Waals surface area contributed by atoms with E-state index in [2.05, 4.69) is 9.47 Å². The van der Waals surface area contributed by atoms with Crippen LogP contribution in [-0.2, 0) is 28.6 Å². The molecule has 0 aromatic rings. The molecule has 1 aliphatic heterocycles. The molecular weight excluding hydrogens is 240 g/mol. The zero-order valence-corrected chi connectivity index (χ0v) is 10.5. The average molecular weight is 256 g/mol. The van der Waals surface area contributed by atoms with Crippen molar-refractivity contribution in [1.29, 1.82) is 0 Å². The van der Waals surface area contributed by atoms with Gasteiger partial charge in [-0.25, -0.2) is 9.59 Å². The van der Waals surface area contributed by atoms with Gasteiger partial charge < -0.3 is 14.2 Å². The molecule has 0 aromatic heterocycles. The van der Waals surface area contributed by atoms with Crippen molar-refractivity contribution in [2.45, 2.75) is 25.7 Å². The van der Waals surface area contributed by atoms with Crippen molar-refractivity contribution in [2.75, 3.05) is 20.8 Å². The van der Waals surface area contributed by atoms with Crippen LogP contribution in [-0.4, -0.2) is 38.7 Å². The SMILES string of the molecule is COC(=O)C/C(C(=O)OC)=C1/CCCCOC1=O. The lowest BCUT2D eigenvalue weighted by molar-refractivity contribution is -0.144. The van der Waals surface area contributed by atoms with E-state index in [4.69, 9.17) is 4.74 Å². The van der Waals surface area contributed by atoms with E-state index in [9.17, 15) is 14.4 Å². The van der Waals surface area contributed by atoms with Gasteiger partial charge in [-0.1, -0.05) is 0 Å². The van der Waals surface area contributed by atoms with Gasteiger partial charge in [-0.2, -0.15) is 0 Å². The number of cyclic esters (lactones) is 1. The summed E-state index contributed by atoms with van der Waals surface area (Å²) in [5, 5.41) is 0. The van der Waals surface area contributed by atoms with Crippen LogP contribution in [0.25, 0.3) is 0 Å². The minimum Gasteiger partial charge on any atom is -0.469 e. The van der Waals surface area contributed by atoms with Crippen molar-refractivity contribution in [3.8, 4) is 0 Å². The van der Waals surface area contributed by atoms with E-state index in [1.165, 1.54) is 14.2 Å². The number of rotatable bonds is 3. The number of carbonyl (C=O) groups is 3. The summed E-state index contributed by atoms with van der Waals surface area (Å²) in [6, 6.07) is 0. The van der Waals surface area contributed by atoms with Crippen molar-refractivity contribution >= 4 is 17.9 Å². The summed E-state index contributed by atoms with van der Waals surface area (Å²) >= 11 is 0. The molecule has 100 valence electrons. The van der Waals surface area contributed by atoms with Crippen LogP contribution < -0.4 is 0 Å². The van der Waals surface area contributed by atoms with Crippen molar-refractivity contribution in [2.24, 2.45) is 0 Å². The fourth-order valence-electron chi connectivity index (χ4n) is 1.67. The third-order valence-electron chi connectivity index (χ3n) is 2.65. The summed E-state index contributed by atoms with van der Waals surface area (Å²) in [5.74, 6) is -1.86. The van der Waals surface area contributed by atoms with Gasteiger partial charge in [-0.05, 0) is 19.3 Å². The maximum Gasteiger partial charge on any atom is 0.334 e. The normalized spacial score (nSPS) is 18.4. The molecule has 1 aliphatic rings. The molecule has 1 rings (SSSR count). The molecule has 0 saturated carbocycles. The highest BCUT2D eigenvalue weighted by atomic mass is 16.5. The minimum atomic E-state index is -0.700. The number of hydrogen-bond donors (Lipinski definition) is 0. The van der Waals surface area contributed by atoms with Gasteiger partial charge >= 0.3 is 17.9 Å². The molecular formula is C12H16O6. The second-order valence-electron chi connectivity index (χ2n) is 3.79. The third-order valence-corrected chi connectivity index (χ3v) is 2.65. The smallest absolute Gasteiger partial charge is 0.334 e. The maximum atomic E-state index is 11.7. The Kier molecular flexibility index (Phi) is 5.35. The fourth-order valence-corrected chi connectivity index (χ4v) is 1.67. The number of carbonyl (C=O) groups excluding carboxylic acids is 3. The number of methoxy groups -OCH3 is 2. The minimum absolute atomic E-state index is 0.0243. The van der Waals surface area contributed by atoms with Crippen molar-refractivity contribution < 1.29 is 28.6 Å². The number of ether oxygens (including phenoxy) is 3. The van der Waals surface area contributed by atoms with Gasteiger partial charge in [0.2, 0.25) is 0 Å². The fraction of sp³-hybridized carbons (Fsp3) is 0.583. The van der Waals surface area contributed by atoms with Gasteiger partial charge in [-0.3, -0.25) is 4.79 Å². The van der Waals surface area contributed by atoms with Gasteiger partial charge in [0, 0.05) is 5.57 Å². The highest BCUT2D eigenvalue weighted by Crippen LogP contribution is 2.22. The maximum absolute atomic E-state index is 11.7. The number of esters is 3. The van der Waals surface area contributed by atoms with Crippen molar-refractivity contribution in [3.05, 3.63) is 11.1 Å². The standard InChI is InChI=1S/C12H16O6/c1-16-10(13)7-9(11(14)17-2)8-5-3-4-6-18-12(8)15/h3-7H2,1-2H3/b9-8+.